The molecular formula is C17H20BrFN4O. The number of halogens is 2. The highest BCUT2D eigenvalue weighted by molar-refractivity contribution is 9.10. The maximum absolute atomic E-state index is 14.0. The average molecular weight is 395 g/mol. The fraction of sp³-hybridized carbons (Fsp3) is 0.412. The number of hydrogen-bond acceptors (Lipinski definition) is 3. The number of amides is 1. The topological polar surface area (TPSA) is 41.4 Å². The molecule has 1 saturated heterocycles. The molecule has 0 radical (unpaired) electrons. The Bertz CT molecular complexity index is 776. The van der Waals surface area contributed by atoms with Crippen molar-refractivity contribution in [2.75, 3.05) is 18.5 Å². The number of aromatic nitrogens is 2. The van der Waals surface area contributed by atoms with E-state index in [1.165, 1.54) is 11.0 Å². The molecule has 1 fully saturated rings. The summed E-state index contributed by atoms with van der Waals surface area (Å²) in [5, 5.41) is 4.48. The summed E-state index contributed by atoms with van der Waals surface area (Å²) >= 11 is 3.51. The summed E-state index contributed by atoms with van der Waals surface area (Å²) in [4.78, 5) is 16.2. The van der Waals surface area contributed by atoms with Crippen LogP contribution in [0.5, 0.6) is 0 Å². The molecule has 0 spiro atoms. The van der Waals surface area contributed by atoms with Gasteiger partial charge in [-0.1, -0.05) is 12.1 Å². The molecule has 2 aromatic rings. The molecule has 24 heavy (non-hydrogen) atoms. The Hall–Kier alpha value is -1.73. The number of para-hydroxylation sites is 1. The second-order valence-electron chi connectivity index (χ2n) is 6.13. The first kappa shape index (κ1) is 17.1. The van der Waals surface area contributed by atoms with E-state index in [9.17, 15) is 9.18 Å². The molecule has 1 aliphatic rings. The fourth-order valence-electron chi connectivity index (χ4n) is 3.11. The largest absolute Gasteiger partial charge is 0.308 e. The summed E-state index contributed by atoms with van der Waals surface area (Å²) in [6.07, 6.45) is 0.671. The van der Waals surface area contributed by atoms with Crippen LogP contribution >= 0.6 is 15.9 Å². The van der Waals surface area contributed by atoms with Crippen LogP contribution in [0.1, 0.15) is 17.8 Å². The second kappa shape index (κ2) is 6.64. The number of rotatable bonds is 4. The van der Waals surface area contributed by atoms with Crippen LogP contribution in [0.15, 0.2) is 28.7 Å². The lowest BCUT2D eigenvalue weighted by Crippen LogP contribution is -2.41. The maximum atomic E-state index is 14.0. The summed E-state index contributed by atoms with van der Waals surface area (Å²) < 4.78 is 16.8. The van der Waals surface area contributed by atoms with E-state index in [4.69, 9.17) is 0 Å². The standard InChI is InChI=1S/C17H20BrFN4O/c1-11-16(18)12(2)23(20-11)10-21(3)15-8-9-22(17(15)24)14-7-5-4-6-13(14)19/h4-7,15H,8-10H2,1-3H3. The zero-order valence-electron chi connectivity index (χ0n) is 14.0. The normalized spacial score (nSPS) is 18.0. The molecular weight excluding hydrogens is 375 g/mol. The smallest absolute Gasteiger partial charge is 0.244 e. The first-order valence-electron chi connectivity index (χ1n) is 7.85. The van der Waals surface area contributed by atoms with E-state index in [2.05, 4.69) is 21.0 Å². The molecule has 128 valence electrons. The summed E-state index contributed by atoms with van der Waals surface area (Å²) in [5.74, 6) is -0.431. The lowest BCUT2D eigenvalue weighted by molar-refractivity contribution is -0.121. The van der Waals surface area contributed by atoms with Crippen LogP contribution < -0.4 is 4.90 Å². The van der Waals surface area contributed by atoms with Crippen molar-refractivity contribution in [2.24, 2.45) is 0 Å². The zero-order chi connectivity index (χ0) is 17.4. The minimum absolute atomic E-state index is 0.0665. The molecule has 1 unspecified atom stereocenters. The van der Waals surface area contributed by atoms with Crippen molar-refractivity contribution < 1.29 is 9.18 Å². The van der Waals surface area contributed by atoms with Crippen LogP contribution in [-0.2, 0) is 11.5 Å². The third kappa shape index (κ3) is 2.98. The molecule has 0 saturated carbocycles. The summed E-state index contributed by atoms with van der Waals surface area (Å²) in [6, 6.07) is 6.13. The Balaban J connectivity index is 1.75. The van der Waals surface area contributed by atoms with Gasteiger partial charge in [-0.25, -0.2) is 4.39 Å². The zero-order valence-corrected chi connectivity index (χ0v) is 15.5. The summed E-state index contributed by atoms with van der Waals surface area (Å²) in [7, 11) is 1.90. The first-order chi connectivity index (χ1) is 11.4. The molecule has 7 heteroatoms. The molecule has 1 amide bonds. The van der Waals surface area contributed by atoms with Crippen molar-refractivity contribution in [1.82, 2.24) is 14.7 Å². The van der Waals surface area contributed by atoms with Crippen molar-refractivity contribution in [3.63, 3.8) is 0 Å². The predicted octanol–water partition coefficient (Wildman–Crippen LogP) is 3.10. The van der Waals surface area contributed by atoms with Gasteiger partial charge in [-0.3, -0.25) is 14.4 Å². The number of anilines is 1. The Morgan fingerprint density at radius 2 is 2.08 bits per heavy atom. The first-order valence-corrected chi connectivity index (χ1v) is 8.65. The third-order valence-electron chi connectivity index (χ3n) is 4.50. The van der Waals surface area contributed by atoms with Crippen LogP contribution in [0.3, 0.4) is 0 Å². The lowest BCUT2D eigenvalue weighted by atomic mass is 10.2. The van der Waals surface area contributed by atoms with Gasteiger partial charge in [0.1, 0.15) is 5.82 Å². The summed E-state index contributed by atoms with van der Waals surface area (Å²) in [6.45, 7) is 4.96. The van der Waals surface area contributed by atoms with Crippen molar-refractivity contribution in [3.8, 4) is 0 Å². The number of benzene rings is 1. The van der Waals surface area contributed by atoms with Crippen LogP contribution in [0.4, 0.5) is 10.1 Å². The predicted molar refractivity (Wildman–Crippen MR) is 94.3 cm³/mol. The minimum Gasteiger partial charge on any atom is -0.308 e. The van der Waals surface area contributed by atoms with E-state index < -0.39 is 0 Å². The Morgan fingerprint density at radius 3 is 2.71 bits per heavy atom. The maximum Gasteiger partial charge on any atom is 0.244 e. The van der Waals surface area contributed by atoms with E-state index in [0.717, 1.165) is 15.9 Å². The molecule has 3 rings (SSSR count). The van der Waals surface area contributed by atoms with Gasteiger partial charge in [-0.2, -0.15) is 5.10 Å². The van der Waals surface area contributed by atoms with Crippen LogP contribution in [-0.4, -0.2) is 40.2 Å². The molecule has 5 nitrogen and oxygen atoms in total. The number of nitrogens with zero attached hydrogens (tertiary/aromatic N) is 4. The van der Waals surface area contributed by atoms with Gasteiger partial charge in [0, 0.05) is 6.54 Å². The Morgan fingerprint density at radius 1 is 1.38 bits per heavy atom. The molecule has 1 aliphatic heterocycles. The van der Waals surface area contributed by atoms with Gasteiger partial charge in [0.2, 0.25) is 5.91 Å². The van der Waals surface area contributed by atoms with Gasteiger partial charge in [0.05, 0.1) is 34.3 Å². The van der Waals surface area contributed by atoms with E-state index >= 15 is 0 Å². The highest BCUT2D eigenvalue weighted by Crippen LogP contribution is 2.27. The van der Waals surface area contributed by atoms with Crippen LogP contribution in [0.25, 0.3) is 0 Å². The molecule has 2 heterocycles. The number of carbonyl (C=O) groups is 1. The van der Waals surface area contributed by atoms with Gasteiger partial charge in [-0.05, 0) is 55.4 Å². The second-order valence-corrected chi connectivity index (χ2v) is 6.92. The highest BCUT2D eigenvalue weighted by atomic mass is 79.9. The molecule has 1 aromatic heterocycles. The Kier molecular flexibility index (Phi) is 4.73. The number of likely N-dealkylation sites (N-methyl/N-ethyl adjacent to an activating group) is 1. The van der Waals surface area contributed by atoms with E-state index in [1.54, 1.807) is 18.2 Å². The third-order valence-corrected chi connectivity index (χ3v) is 5.65. The van der Waals surface area contributed by atoms with Crippen molar-refractivity contribution in [3.05, 3.63) is 45.9 Å². The van der Waals surface area contributed by atoms with Crippen molar-refractivity contribution >= 4 is 27.5 Å². The lowest BCUT2D eigenvalue weighted by Gasteiger charge is -2.24. The number of hydrogen-bond donors (Lipinski definition) is 0. The molecule has 1 atom stereocenters. The van der Waals surface area contributed by atoms with Gasteiger partial charge in [0.15, 0.2) is 0 Å². The minimum atomic E-state index is -0.364. The van der Waals surface area contributed by atoms with Gasteiger partial charge in [0.25, 0.3) is 0 Å². The van der Waals surface area contributed by atoms with Gasteiger partial charge in [-0.15, -0.1) is 0 Å². The van der Waals surface area contributed by atoms with Crippen molar-refractivity contribution in [2.45, 2.75) is 33.0 Å². The van der Waals surface area contributed by atoms with E-state index in [-0.39, 0.29) is 17.8 Å². The van der Waals surface area contributed by atoms with Crippen LogP contribution in [0.2, 0.25) is 0 Å². The monoisotopic (exact) mass is 394 g/mol. The van der Waals surface area contributed by atoms with Crippen molar-refractivity contribution in [1.29, 1.82) is 0 Å². The van der Waals surface area contributed by atoms with Gasteiger partial charge < -0.3 is 4.90 Å². The Labute approximate surface area is 149 Å². The average Bonchev–Trinajstić information content (AvgIpc) is 3.04. The molecule has 0 aliphatic carbocycles. The SMILES string of the molecule is Cc1nn(CN(C)C2CCN(c3ccccc3F)C2=O)c(C)c1Br. The van der Waals surface area contributed by atoms with E-state index in [1.807, 2.05) is 30.5 Å². The number of aryl methyl sites for hydroxylation is 1. The quantitative estimate of drug-likeness (QED) is 0.799. The summed E-state index contributed by atoms with van der Waals surface area (Å²) in [5.41, 5.74) is 2.30. The molecule has 1 aromatic carbocycles. The number of carbonyl (C=O) groups excluding carboxylic acids is 1. The molecule has 0 N–H and O–H groups in total. The molecule has 0 bridgehead atoms. The highest BCUT2D eigenvalue weighted by Gasteiger charge is 2.36. The van der Waals surface area contributed by atoms with Gasteiger partial charge >= 0.3 is 0 Å². The van der Waals surface area contributed by atoms with Crippen LogP contribution in [0, 0.1) is 19.7 Å². The van der Waals surface area contributed by atoms with E-state index in [0.29, 0.717) is 25.3 Å². The fourth-order valence-corrected chi connectivity index (χ4v) is 3.39.